The van der Waals surface area contributed by atoms with Gasteiger partial charge in [0.05, 0.1) is 0 Å². The van der Waals surface area contributed by atoms with Gasteiger partial charge < -0.3 is 5.11 Å². The quantitative estimate of drug-likeness (QED) is 0.542. The maximum atomic E-state index is 11.1. The van der Waals surface area contributed by atoms with Crippen molar-refractivity contribution in [2.24, 2.45) is 52.3 Å². The van der Waals surface area contributed by atoms with E-state index >= 15 is 0 Å². The third kappa shape index (κ3) is 3.16. The molecule has 0 aromatic heterocycles. The first-order valence-corrected chi connectivity index (χ1v) is 12.5. The van der Waals surface area contributed by atoms with Crippen LogP contribution in [-0.4, -0.2) is 11.1 Å². The molecular weight excluding hydrogens is 344 g/mol. The lowest BCUT2D eigenvalue weighted by Crippen LogP contribution is -2.55. The van der Waals surface area contributed by atoms with E-state index in [0.29, 0.717) is 23.2 Å². The maximum Gasteiger partial charge on any atom is 0.303 e. The highest BCUT2D eigenvalue weighted by molar-refractivity contribution is 5.66. The van der Waals surface area contributed by atoms with Crippen molar-refractivity contribution < 1.29 is 9.90 Å². The van der Waals surface area contributed by atoms with Crippen LogP contribution in [0.4, 0.5) is 0 Å². The fourth-order valence-corrected chi connectivity index (χ4v) is 9.55. The summed E-state index contributed by atoms with van der Waals surface area (Å²) in [6.45, 7) is 10.1. The van der Waals surface area contributed by atoms with E-state index in [1.807, 2.05) is 0 Å². The van der Waals surface area contributed by atoms with Crippen molar-refractivity contribution in [3.63, 3.8) is 0 Å². The number of hydrogen-bond donors (Lipinski definition) is 1. The smallest absolute Gasteiger partial charge is 0.303 e. The molecule has 2 nitrogen and oxygen atoms in total. The highest BCUT2D eigenvalue weighted by Gasteiger charge is 2.61. The Hall–Kier alpha value is -0.530. The maximum absolute atomic E-state index is 11.1. The van der Waals surface area contributed by atoms with Gasteiger partial charge in [0, 0.05) is 6.42 Å². The fourth-order valence-electron chi connectivity index (χ4n) is 9.55. The van der Waals surface area contributed by atoms with Gasteiger partial charge in [-0.05, 0) is 104 Å². The third-order valence-corrected chi connectivity index (χ3v) is 10.9. The summed E-state index contributed by atoms with van der Waals surface area (Å²) >= 11 is 0. The molecule has 160 valence electrons. The van der Waals surface area contributed by atoms with Crippen LogP contribution in [0.2, 0.25) is 0 Å². The predicted molar refractivity (Wildman–Crippen MR) is 115 cm³/mol. The summed E-state index contributed by atoms with van der Waals surface area (Å²) in [4.78, 5) is 11.1. The van der Waals surface area contributed by atoms with E-state index in [4.69, 9.17) is 5.11 Å². The van der Waals surface area contributed by atoms with Crippen molar-refractivity contribution in [1.29, 1.82) is 0 Å². The van der Waals surface area contributed by atoms with Crippen LogP contribution in [0.5, 0.6) is 0 Å². The normalized spacial score (nSPS) is 49.0. The summed E-state index contributed by atoms with van der Waals surface area (Å²) in [5.74, 6) is 5.44. The summed E-state index contributed by atoms with van der Waals surface area (Å²) in [6.07, 6.45) is 15.6. The fraction of sp³-hybridized carbons (Fsp3) is 0.962. The molecule has 4 rings (SSSR count). The van der Waals surface area contributed by atoms with Crippen molar-refractivity contribution in [2.75, 3.05) is 0 Å². The standard InChI is InChI=1S/C26H44O2/c1-5-18-16-19-22-11-10-20(17(2)9-12-24(27)28)26(22,4)15-13-23(19)25(3)14-7-6-8-21(18)25/h17-23H,5-16H2,1-4H3,(H,27,28)/t17-,18+,19+,20?,21+,22+,23+,25+,26-/m1/s1. The van der Waals surface area contributed by atoms with Gasteiger partial charge in [0.25, 0.3) is 0 Å². The van der Waals surface area contributed by atoms with Crippen LogP contribution in [0.25, 0.3) is 0 Å². The molecule has 0 saturated heterocycles. The number of carboxylic acids is 1. The molecule has 4 aliphatic rings. The molecule has 0 spiro atoms. The Kier molecular flexibility index (Phi) is 5.64. The van der Waals surface area contributed by atoms with Gasteiger partial charge in [-0.1, -0.05) is 47.0 Å². The molecule has 28 heavy (non-hydrogen) atoms. The van der Waals surface area contributed by atoms with Crippen LogP contribution in [0, 0.1) is 52.3 Å². The summed E-state index contributed by atoms with van der Waals surface area (Å²) in [7, 11) is 0. The van der Waals surface area contributed by atoms with Crippen LogP contribution in [0.3, 0.4) is 0 Å². The van der Waals surface area contributed by atoms with Gasteiger partial charge in [0.1, 0.15) is 0 Å². The van der Waals surface area contributed by atoms with Crippen molar-refractivity contribution in [3.05, 3.63) is 0 Å². The van der Waals surface area contributed by atoms with E-state index in [0.717, 1.165) is 41.9 Å². The molecule has 4 aliphatic carbocycles. The second-order valence-corrected chi connectivity index (χ2v) is 11.8. The van der Waals surface area contributed by atoms with Crippen molar-refractivity contribution >= 4 is 5.97 Å². The van der Waals surface area contributed by atoms with E-state index in [1.54, 1.807) is 0 Å². The van der Waals surface area contributed by atoms with Gasteiger partial charge >= 0.3 is 5.97 Å². The van der Waals surface area contributed by atoms with Gasteiger partial charge in [0.15, 0.2) is 0 Å². The summed E-state index contributed by atoms with van der Waals surface area (Å²) < 4.78 is 0. The van der Waals surface area contributed by atoms with Crippen molar-refractivity contribution in [3.8, 4) is 0 Å². The first-order valence-electron chi connectivity index (χ1n) is 12.5. The van der Waals surface area contributed by atoms with Crippen LogP contribution in [0.15, 0.2) is 0 Å². The second-order valence-electron chi connectivity index (χ2n) is 11.8. The van der Waals surface area contributed by atoms with Gasteiger partial charge in [-0.3, -0.25) is 4.79 Å². The lowest BCUT2D eigenvalue weighted by molar-refractivity contribution is -0.140. The number of rotatable bonds is 5. The molecule has 0 amide bonds. The zero-order valence-corrected chi connectivity index (χ0v) is 18.9. The van der Waals surface area contributed by atoms with E-state index < -0.39 is 5.97 Å². The van der Waals surface area contributed by atoms with Crippen LogP contribution >= 0.6 is 0 Å². The first kappa shape index (κ1) is 20.7. The molecule has 0 aromatic carbocycles. The van der Waals surface area contributed by atoms with E-state index in [1.165, 1.54) is 64.2 Å². The number of fused-ring (bicyclic) bond motifs is 5. The zero-order chi connectivity index (χ0) is 20.1. The SMILES string of the molecule is CC[C@H]1C[C@@H]2[C@H](CC[C@]3(C)C([C@H](C)CCC(=O)O)CC[C@@H]23)[C@@]2(C)CCCC[C@@H]12. The number of hydrogen-bond acceptors (Lipinski definition) is 1. The van der Waals surface area contributed by atoms with Gasteiger partial charge in [0.2, 0.25) is 0 Å². The Morgan fingerprint density at radius 2 is 1.75 bits per heavy atom. The molecule has 2 heteroatoms. The monoisotopic (exact) mass is 388 g/mol. The average Bonchev–Trinajstić information content (AvgIpc) is 3.02. The minimum Gasteiger partial charge on any atom is -0.481 e. The van der Waals surface area contributed by atoms with Gasteiger partial charge in [-0.2, -0.15) is 0 Å². The largest absolute Gasteiger partial charge is 0.481 e. The molecule has 0 aliphatic heterocycles. The Morgan fingerprint density at radius 1 is 1.00 bits per heavy atom. The zero-order valence-electron chi connectivity index (χ0n) is 18.9. The van der Waals surface area contributed by atoms with E-state index in [-0.39, 0.29) is 0 Å². The number of carboxylic acid groups (broad SMARTS) is 1. The summed E-state index contributed by atoms with van der Waals surface area (Å²) in [5, 5.41) is 9.15. The molecule has 0 radical (unpaired) electrons. The Bertz CT molecular complexity index is 585. The lowest BCUT2D eigenvalue weighted by atomic mass is 9.42. The predicted octanol–water partition coefficient (Wildman–Crippen LogP) is 7.17. The van der Waals surface area contributed by atoms with Gasteiger partial charge in [-0.25, -0.2) is 0 Å². The Balaban J connectivity index is 1.56. The lowest BCUT2D eigenvalue weighted by Gasteiger charge is -2.63. The van der Waals surface area contributed by atoms with Crippen molar-refractivity contribution in [1.82, 2.24) is 0 Å². The highest BCUT2D eigenvalue weighted by atomic mass is 16.4. The molecule has 0 aromatic rings. The van der Waals surface area contributed by atoms with E-state index in [9.17, 15) is 4.79 Å². The van der Waals surface area contributed by atoms with Crippen LogP contribution in [-0.2, 0) is 4.79 Å². The minimum atomic E-state index is -0.621. The molecular formula is C26H44O2. The summed E-state index contributed by atoms with van der Waals surface area (Å²) in [5.41, 5.74) is 1.07. The number of carbonyl (C=O) groups is 1. The summed E-state index contributed by atoms with van der Waals surface area (Å²) in [6, 6.07) is 0. The average molecular weight is 389 g/mol. The molecule has 0 heterocycles. The van der Waals surface area contributed by atoms with Crippen LogP contribution < -0.4 is 0 Å². The molecule has 1 unspecified atom stereocenters. The minimum absolute atomic E-state index is 0.349. The number of aliphatic carboxylic acids is 1. The third-order valence-electron chi connectivity index (χ3n) is 10.9. The molecule has 0 bridgehead atoms. The Labute approximate surface area is 173 Å². The van der Waals surface area contributed by atoms with Crippen molar-refractivity contribution in [2.45, 2.75) is 105 Å². The molecule has 4 saturated carbocycles. The highest BCUT2D eigenvalue weighted by Crippen LogP contribution is 2.69. The molecule has 1 N–H and O–H groups in total. The molecule has 9 atom stereocenters. The molecule has 4 fully saturated rings. The first-order chi connectivity index (χ1) is 13.3. The topological polar surface area (TPSA) is 37.3 Å². The Morgan fingerprint density at radius 3 is 2.46 bits per heavy atom. The second kappa shape index (κ2) is 7.62. The van der Waals surface area contributed by atoms with E-state index in [2.05, 4.69) is 27.7 Å². The van der Waals surface area contributed by atoms with Crippen LogP contribution in [0.1, 0.15) is 105 Å². The van der Waals surface area contributed by atoms with Gasteiger partial charge in [-0.15, -0.1) is 0 Å².